The van der Waals surface area contributed by atoms with Gasteiger partial charge < -0.3 is 10.1 Å². The molecule has 0 aromatic rings. The Labute approximate surface area is 125 Å². The van der Waals surface area contributed by atoms with Crippen LogP contribution >= 0.6 is 0 Å². The van der Waals surface area contributed by atoms with Gasteiger partial charge in [0.25, 0.3) is 0 Å². The van der Waals surface area contributed by atoms with Gasteiger partial charge in [0.15, 0.2) is 6.10 Å². The lowest BCUT2D eigenvalue weighted by Gasteiger charge is -2.17. The van der Waals surface area contributed by atoms with Crippen molar-refractivity contribution in [3.8, 4) is 0 Å². The quantitative estimate of drug-likeness (QED) is 0.258. The first-order chi connectivity index (χ1) is 9.95. The van der Waals surface area contributed by atoms with Crippen LogP contribution in [-0.2, 0) is 24.3 Å². The highest BCUT2D eigenvalue weighted by molar-refractivity contribution is 5.67. The van der Waals surface area contributed by atoms with Crippen molar-refractivity contribution in [2.45, 2.75) is 26.9 Å². The molecular formula is C14H25NO6. The van der Waals surface area contributed by atoms with Crippen LogP contribution in [0.1, 0.15) is 20.8 Å². The van der Waals surface area contributed by atoms with Gasteiger partial charge in [0.2, 0.25) is 0 Å². The first-order valence-corrected chi connectivity index (χ1v) is 6.67. The minimum absolute atomic E-state index is 0.0147. The normalized spacial score (nSPS) is 10.5. The Morgan fingerprint density at radius 1 is 1.00 bits per heavy atom. The average molecular weight is 303 g/mol. The molecule has 0 heterocycles. The number of ether oxygens (including phenoxy) is 1. The molecule has 1 amide bonds. The third-order valence-electron chi connectivity index (χ3n) is 1.88. The zero-order chi connectivity index (χ0) is 16.1. The second kappa shape index (κ2) is 12.3. The maximum absolute atomic E-state index is 11.4. The van der Waals surface area contributed by atoms with Crippen LogP contribution in [0.15, 0.2) is 24.3 Å². The minimum Gasteiger partial charge on any atom is -0.441 e. The molecule has 122 valence electrons. The molecule has 0 unspecified atom stereocenters. The third-order valence-corrected chi connectivity index (χ3v) is 1.88. The van der Waals surface area contributed by atoms with Crippen LogP contribution in [0.3, 0.4) is 0 Å². The SMILES string of the molecule is C=C(C)COOCC(COOCC(=C)C)OC(=O)NCC. The molecule has 7 nitrogen and oxygen atoms in total. The molecule has 0 aliphatic heterocycles. The number of hydrogen-bond donors (Lipinski definition) is 1. The first kappa shape index (κ1) is 19.6. The standard InChI is InChI=1S/C14H25NO6/c1-6-15-14(16)21-13(9-19-17-7-11(2)3)10-20-18-8-12(4)5/h13H,2,4,6-10H2,1,3,5H3,(H,15,16). The van der Waals surface area contributed by atoms with Crippen molar-refractivity contribution >= 4 is 6.09 Å². The summed E-state index contributed by atoms with van der Waals surface area (Å²) in [5, 5.41) is 2.51. The molecular weight excluding hydrogens is 278 g/mol. The van der Waals surface area contributed by atoms with Gasteiger partial charge in [-0.25, -0.2) is 24.3 Å². The van der Waals surface area contributed by atoms with Crippen LogP contribution in [0.25, 0.3) is 0 Å². The van der Waals surface area contributed by atoms with E-state index in [0.29, 0.717) is 6.54 Å². The molecule has 0 radical (unpaired) electrons. The fraction of sp³-hybridized carbons (Fsp3) is 0.643. The Kier molecular flexibility index (Phi) is 11.5. The summed E-state index contributed by atoms with van der Waals surface area (Å²) in [5.41, 5.74) is 1.63. The Morgan fingerprint density at radius 2 is 1.48 bits per heavy atom. The zero-order valence-electron chi connectivity index (χ0n) is 13.0. The van der Waals surface area contributed by atoms with Crippen molar-refractivity contribution in [2.24, 2.45) is 0 Å². The Morgan fingerprint density at radius 3 is 1.86 bits per heavy atom. The molecule has 0 aliphatic rings. The number of alkyl carbamates (subject to hydrolysis) is 1. The van der Waals surface area contributed by atoms with Gasteiger partial charge in [-0.2, -0.15) is 0 Å². The first-order valence-electron chi connectivity index (χ1n) is 6.67. The van der Waals surface area contributed by atoms with E-state index in [1.807, 2.05) is 0 Å². The maximum Gasteiger partial charge on any atom is 0.407 e. The molecule has 0 aromatic heterocycles. The van der Waals surface area contributed by atoms with Crippen LogP contribution in [0, 0.1) is 0 Å². The van der Waals surface area contributed by atoms with E-state index < -0.39 is 12.2 Å². The molecule has 0 rings (SSSR count). The zero-order valence-corrected chi connectivity index (χ0v) is 13.0. The summed E-state index contributed by atoms with van der Waals surface area (Å²) in [6.45, 7) is 13.8. The highest BCUT2D eigenvalue weighted by Gasteiger charge is 2.16. The second-order valence-corrected chi connectivity index (χ2v) is 4.57. The Balaban J connectivity index is 4.04. The molecule has 0 saturated heterocycles. The molecule has 21 heavy (non-hydrogen) atoms. The van der Waals surface area contributed by atoms with Crippen LogP contribution < -0.4 is 5.32 Å². The Hall–Kier alpha value is -1.41. The summed E-state index contributed by atoms with van der Waals surface area (Å²) in [6, 6.07) is 0. The second-order valence-electron chi connectivity index (χ2n) is 4.57. The largest absolute Gasteiger partial charge is 0.441 e. The van der Waals surface area contributed by atoms with E-state index in [2.05, 4.69) is 18.5 Å². The molecule has 7 heteroatoms. The molecule has 0 aliphatic carbocycles. The topological polar surface area (TPSA) is 75.2 Å². The highest BCUT2D eigenvalue weighted by atomic mass is 17.2. The summed E-state index contributed by atoms with van der Waals surface area (Å²) < 4.78 is 5.10. The van der Waals surface area contributed by atoms with Gasteiger partial charge in [0, 0.05) is 6.54 Å². The highest BCUT2D eigenvalue weighted by Crippen LogP contribution is 2.00. The predicted octanol–water partition coefficient (Wildman–Crippen LogP) is 2.15. The average Bonchev–Trinajstić information content (AvgIpc) is 2.39. The molecule has 0 saturated carbocycles. The van der Waals surface area contributed by atoms with Gasteiger partial charge in [0.1, 0.15) is 26.4 Å². The van der Waals surface area contributed by atoms with Crippen LogP contribution in [0.4, 0.5) is 4.79 Å². The lowest BCUT2D eigenvalue weighted by atomic mass is 10.4. The minimum atomic E-state index is -0.660. The summed E-state index contributed by atoms with van der Waals surface area (Å²) in [6.07, 6.45) is -1.22. The van der Waals surface area contributed by atoms with Gasteiger partial charge in [-0.1, -0.05) is 24.3 Å². The lowest BCUT2D eigenvalue weighted by molar-refractivity contribution is -0.326. The maximum atomic E-state index is 11.4. The third kappa shape index (κ3) is 13.3. The van der Waals surface area contributed by atoms with Crippen LogP contribution in [0.2, 0.25) is 0 Å². The number of nitrogens with one attached hydrogen (secondary N) is 1. The smallest absolute Gasteiger partial charge is 0.407 e. The molecule has 0 bridgehead atoms. The lowest BCUT2D eigenvalue weighted by Crippen LogP contribution is -2.34. The van der Waals surface area contributed by atoms with Crippen molar-refractivity contribution < 1.29 is 29.1 Å². The van der Waals surface area contributed by atoms with Gasteiger partial charge in [0.05, 0.1) is 0 Å². The molecule has 0 spiro atoms. The molecule has 0 atom stereocenters. The van der Waals surface area contributed by atoms with Crippen molar-refractivity contribution in [1.82, 2.24) is 5.32 Å². The van der Waals surface area contributed by atoms with E-state index in [-0.39, 0.29) is 26.4 Å². The number of carbonyl (C=O) groups is 1. The summed E-state index contributed by atoms with van der Waals surface area (Å²) in [5.74, 6) is 0. The molecule has 1 N–H and O–H groups in total. The van der Waals surface area contributed by atoms with Gasteiger partial charge in [-0.05, 0) is 20.8 Å². The molecule has 0 aromatic carbocycles. The van der Waals surface area contributed by atoms with E-state index in [1.54, 1.807) is 20.8 Å². The van der Waals surface area contributed by atoms with E-state index in [4.69, 9.17) is 24.3 Å². The number of amides is 1. The van der Waals surface area contributed by atoms with Crippen molar-refractivity contribution in [3.63, 3.8) is 0 Å². The van der Waals surface area contributed by atoms with E-state index >= 15 is 0 Å². The van der Waals surface area contributed by atoms with Gasteiger partial charge in [-0.3, -0.25) is 0 Å². The fourth-order valence-corrected chi connectivity index (χ4v) is 0.986. The van der Waals surface area contributed by atoms with Crippen LogP contribution in [0.5, 0.6) is 0 Å². The van der Waals surface area contributed by atoms with E-state index in [0.717, 1.165) is 11.1 Å². The summed E-state index contributed by atoms with van der Waals surface area (Å²) >= 11 is 0. The molecule has 0 fully saturated rings. The number of carbonyl (C=O) groups excluding carboxylic acids is 1. The van der Waals surface area contributed by atoms with Crippen LogP contribution in [-0.4, -0.2) is 45.2 Å². The summed E-state index contributed by atoms with van der Waals surface area (Å²) in [4.78, 5) is 31.1. The predicted molar refractivity (Wildman–Crippen MR) is 77.4 cm³/mol. The van der Waals surface area contributed by atoms with Crippen molar-refractivity contribution in [2.75, 3.05) is 33.0 Å². The monoisotopic (exact) mass is 303 g/mol. The fourth-order valence-electron chi connectivity index (χ4n) is 0.986. The van der Waals surface area contributed by atoms with Crippen molar-refractivity contribution in [3.05, 3.63) is 24.3 Å². The van der Waals surface area contributed by atoms with Crippen molar-refractivity contribution in [1.29, 1.82) is 0 Å². The number of rotatable bonds is 12. The summed E-state index contributed by atoms with van der Waals surface area (Å²) in [7, 11) is 0. The van der Waals surface area contributed by atoms with E-state index in [1.165, 1.54) is 0 Å². The Bertz CT molecular complexity index is 309. The van der Waals surface area contributed by atoms with Gasteiger partial charge >= 0.3 is 6.09 Å². The number of hydrogen-bond acceptors (Lipinski definition) is 6. The van der Waals surface area contributed by atoms with E-state index in [9.17, 15) is 4.79 Å². The van der Waals surface area contributed by atoms with Gasteiger partial charge in [-0.15, -0.1) is 0 Å².